The number of hydrogen-bond donors (Lipinski definition) is 3. The number of thiocarbonyl (C=S) groups is 1. The van der Waals surface area contributed by atoms with Crippen LogP contribution in [0.3, 0.4) is 0 Å². The zero-order valence-electron chi connectivity index (χ0n) is 7.19. The van der Waals surface area contributed by atoms with Crippen molar-refractivity contribution in [2.45, 2.75) is 43.6 Å². The Labute approximate surface area is 81.9 Å². The molecule has 0 bridgehead atoms. The molecule has 1 saturated carbocycles. The van der Waals surface area contributed by atoms with Gasteiger partial charge in [-0.05, 0) is 25.1 Å². The quantitative estimate of drug-likeness (QED) is 0.378. The number of rotatable bonds is 0. The summed E-state index contributed by atoms with van der Waals surface area (Å²) in [4.78, 5) is 0. The minimum absolute atomic E-state index is 0.0219. The Morgan fingerprint density at radius 3 is 2.85 bits per heavy atom. The van der Waals surface area contributed by atoms with Crippen molar-refractivity contribution in [3.8, 4) is 0 Å². The molecule has 2 atom stereocenters. The SMILES string of the molecule is OC1(O)CCC2NC(=S)OC2CC1. The Bertz CT molecular complexity index is 211. The number of hydrogen-bond acceptors (Lipinski definition) is 4. The monoisotopic (exact) mass is 203 g/mol. The van der Waals surface area contributed by atoms with E-state index in [1.54, 1.807) is 0 Å². The van der Waals surface area contributed by atoms with Gasteiger partial charge in [0, 0.05) is 12.8 Å². The molecule has 0 radical (unpaired) electrons. The van der Waals surface area contributed by atoms with Gasteiger partial charge in [-0.15, -0.1) is 0 Å². The molecule has 3 N–H and O–H groups in total. The van der Waals surface area contributed by atoms with Crippen LogP contribution in [0.1, 0.15) is 25.7 Å². The summed E-state index contributed by atoms with van der Waals surface area (Å²) in [6.07, 6.45) is 2.10. The Balaban J connectivity index is 2.03. The van der Waals surface area contributed by atoms with Crippen molar-refractivity contribution in [3.05, 3.63) is 0 Å². The smallest absolute Gasteiger partial charge is 0.257 e. The average molecular weight is 203 g/mol. The lowest BCUT2D eigenvalue weighted by Crippen LogP contribution is -2.31. The highest BCUT2D eigenvalue weighted by Crippen LogP contribution is 2.29. The fourth-order valence-electron chi connectivity index (χ4n) is 1.90. The molecule has 2 aliphatic rings. The Kier molecular flexibility index (Phi) is 2.17. The van der Waals surface area contributed by atoms with E-state index in [9.17, 15) is 10.2 Å². The van der Waals surface area contributed by atoms with Crippen LogP contribution in [0.15, 0.2) is 0 Å². The first-order chi connectivity index (χ1) is 6.07. The van der Waals surface area contributed by atoms with Crippen molar-refractivity contribution in [1.29, 1.82) is 0 Å². The summed E-state index contributed by atoms with van der Waals surface area (Å²) in [7, 11) is 0. The fraction of sp³-hybridized carbons (Fsp3) is 0.875. The van der Waals surface area contributed by atoms with Crippen LogP contribution in [0.2, 0.25) is 0 Å². The fourth-order valence-corrected chi connectivity index (χ4v) is 2.18. The minimum atomic E-state index is -1.52. The minimum Gasteiger partial charge on any atom is -0.466 e. The van der Waals surface area contributed by atoms with E-state index in [0.717, 1.165) is 0 Å². The number of aliphatic hydroxyl groups is 2. The Morgan fingerprint density at radius 2 is 2.08 bits per heavy atom. The van der Waals surface area contributed by atoms with E-state index in [4.69, 9.17) is 17.0 Å². The predicted molar refractivity (Wildman–Crippen MR) is 50.0 cm³/mol. The van der Waals surface area contributed by atoms with Gasteiger partial charge in [0.25, 0.3) is 5.17 Å². The van der Waals surface area contributed by atoms with Crippen molar-refractivity contribution in [2.24, 2.45) is 0 Å². The zero-order chi connectivity index (χ0) is 9.47. The standard InChI is InChI=1S/C8H13NO3S/c10-8(11)3-1-5-6(2-4-8)12-7(13)9-5/h5-6,10-11H,1-4H2,(H,9,13). The van der Waals surface area contributed by atoms with Crippen LogP contribution in [0.25, 0.3) is 0 Å². The molecule has 0 spiro atoms. The highest BCUT2D eigenvalue weighted by molar-refractivity contribution is 7.80. The van der Waals surface area contributed by atoms with Crippen molar-refractivity contribution in [1.82, 2.24) is 5.32 Å². The molecule has 2 fully saturated rings. The van der Waals surface area contributed by atoms with E-state index < -0.39 is 5.79 Å². The van der Waals surface area contributed by atoms with Crippen LogP contribution in [-0.4, -0.2) is 33.3 Å². The van der Waals surface area contributed by atoms with E-state index in [2.05, 4.69) is 5.32 Å². The van der Waals surface area contributed by atoms with Crippen LogP contribution < -0.4 is 5.32 Å². The molecule has 1 aliphatic carbocycles. The molecule has 0 aromatic carbocycles. The summed E-state index contributed by atoms with van der Waals surface area (Å²) >= 11 is 4.88. The van der Waals surface area contributed by atoms with Gasteiger partial charge in [0.05, 0.1) is 6.04 Å². The number of ether oxygens (including phenoxy) is 1. The number of nitrogens with one attached hydrogen (secondary N) is 1. The molecule has 5 heteroatoms. The summed E-state index contributed by atoms with van der Waals surface area (Å²) in [6, 6.07) is 0.161. The van der Waals surface area contributed by atoms with Crippen LogP contribution in [0.5, 0.6) is 0 Å². The van der Waals surface area contributed by atoms with Gasteiger partial charge < -0.3 is 20.3 Å². The molecule has 4 nitrogen and oxygen atoms in total. The molecular formula is C8H13NO3S. The van der Waals surface area contributed by atoms with E-state index >= 15 is 0 Å². The molecule has 0 aromatic heterocycles. The summed E-state index contributed by atoms with van der Waals surface area (Å²) in [5.74, 6) is -1.52. The highest BCUT2D eigenvalue weighted by atomic mass is 32.1. The van der Waals surface area contributed by atoms with E-state index in [0.29, 0.717) is 30.9 Å². The third kappa shape index (κ3) is 1.92. The number of fused-ring (bicyclic) bond motifs is 1. The highest BCUT2D eigenvalue weighted by Gasteiger charge is 2.38. The second kappa shape index (κ2) is 3.08. The van der Waals surface area contributed by atoms with Crippen LogP contribution >= 0.6 is 12.2 Å². The van der Waals surface area contributed by atoms with Gasteiger partial charge in [0.1, 0.15) is 6.10 Å². The summed E-state index contributed by atoms with van der Waals surface area (Å²) in [5, 5.41) is 22.3. The predicted octanol–water partition coefficient (Wildman–Crippen LogP) is -0.117. The Hall–Kier alpha value is -0.390. The third-order valence-corrected chi connectivity index (χ3v) is 2.91. The van der Waals surface area contributed by atoms with Crippen LogP contribution in [0.4, 0.5) is 0 Å². The third-order valence-electron chi connectivity index (χ3n) is 2.70. The van der Waals surface area contributed by atoms with E-state index in [1.165, 1.54) is 0 Å². The second-order valence-corrected chi connectivity index (χ2v) is 4.13. The van der Waals surface area contributed by atoms with Crippen LogP contribution in [-0.2, 0) is 4.74 Å². The summed E-state index contributed by atoms with van der Waals surface area (Å²) in [6.45, 7) is 0. The van der Waals surface area contributed by atoms with Crippen molar-refractivity contribution >= 4 is 17.4 Å². The molecule has 0 aromatic rings. The van der Waals surface area contributed by atoms with Gasteiger partial charge in [-0.1, -0.05) is 0 Å². The summed E-state index contributed by atoms with van der Waals surface area (Å²) < 4.78 is 5.34. The first-order valence-corrected chi connectivity index (χ1v) is 4.90. The van der Waals surface area contributed by atoms with Gasteiger partial charge in [0.15, 0.2) is 5.79 Å². The molecule has 1 heterocycles. The topological polar surface area (TPSA) is 61.7 Å². The molecule has 2 unspecified atom stereocenters. The molecule has 2 rings (SSSR count). The lowest BCUT2D eigenvalue weighted by atomic mass is 10.1. The molecule has 13 heavy (non-hydrogen) atoms. The maximum atomic E-state index is 9.41. The molecule has 0 amide bonds. The average Bonchev–Trinajstić information content (AvgIpc) is 2.34. The first kappa shape index (κ1) is 9.18. The normalized spacial score (nSPS) is 37.2. The van der Waals surface area contributed by atoms with Crippen molar-refractivity contribution in [3.63, 3.8) is 0 Å². The van der Waals surface area contributed by atoms with Gasteiger partial charge in [-0.3, -0.25) is 0 Å². The van der Waals surface area contributed by atoms with Gasteiger partial charge in [-0.2, -0.15) is 0 Å². The van der Waals surface area contributed by atoms with E-state index in [1.807, 2.05) is 0 Å². The van der Waals surface area contributed by atoms with Crippen LogP contribution in [0, 0.1) is 0 Å². The molecule has 74 valence electrons. The molecular weight excluding hydrogens is 190 g/mol. The first-order valence-electron chi connectivity index (χ1n) is 4.49. The largest absolute Gasteiger partial charge is 0.466 e. The molecule has 1 aliphatic heterocycles. The van der Waals surface area contributed by atoms with E-state index in [-0.39, 0.29) is 12.1 Å². The molecule has 1 saturated heterocycles. The van der Waals surface area contributed by atoms with Gasteiger partial charge in [-0.25, -0.2) is 0 Å². The second-order valence-electron chi connectivity index (χ2n) is 3.75. The van der Waals surface area contributed by atoms with Crippen molar-refractivity contribution in [2.75, 3.05) is 0 Å². The lowest BCUT2D eigenvalue weighted by molar-refractivity contribution is -0.169. The van der Waals surface area contributed by atoms with Crippen molar-refractivity contribution < 1.29 is 14.9 Å². The van der Waals surface area contributed by atoms with Gasteiger partial charge in [0.2, 0.25) is 0 Å². The van der Waals surface area contributed by atoms with Gasteiger partial charge >= 0.3 is 0 Å². The zero-order valence-corrected chi connectivity index (χ0v) is 8.01. The Morgan fingerprint density at radius 1 is 1.38 bits per heavy atom. The summed E-state index contributed by atoms with van der Waals surface area (Å²) in [5.41, 5.74) is 0. The maximum absolute atomic E-state index is 9.41. The lowest BCUT2D eigenvalue weighted by Gasteiger charge is -2.18. The maximum Gasteiger partial charge on any atom is 0.257 e.